The van der Waals surface area contributed by atoms with Gasteiger partial charge in [-0.25, -0.2) is 0 Å². The maximum absolute atomic E-state index is 9.84. The molecule has 2 aromatic carbocycles. The Morgan fingerprint density at radius 1 is 0.792 bits per heavy atom. The predicted octanol–water partition coefficient (Wildman–Crippen LogP) is 1.71. The highest BCUT2D eigenvalue weighted by Crippen LogP contribution is 2.17. The molecule has 0 unspecified atom stereocenters. The van der Waals surface area contributed by atoms with E-state index in [4.69, 9.17) is 0 Å². The molecule has 0 radical (unpaired) electrons. The third-order valence-electron chi connectivity index (χ3n) is 4.50. The lowest BCUT2D eigenvalue weighted by atomic mass is 10.0. The van der Waals surface area contributed by atoms with Crippen LogP contribution in [0.5, 0.6) is 11.5 Å². The van der Waals surface area contributed by atoms with Gasteiger partial charge in [0.25, 0.3) is 0 Å². The Morgan fingerprint density at radius 2 is 1.25 bits per heavy atom. The Kier molecular flexibility index (Phi) is 5.69. The van der Waals surface area contributed by atoms with Gasteiger partial charge in [-0.05, 0) is 18.6 Å². The first-order chi connectivity index (χ1) is 11.7. The van der Waals surface area contributed by atoms with Crippen molar-refractivity contribution >= 4 is 0 Å². The van der Waals surface area contributed by atoms with Crippen LogP contribution in [0, 0.1) is 0 Å². The minimum Gasteiger partial charge on any atom is -0.508 e. The second-order valence-electron chi connectivity index (χ2n) is 6.31. The maximum Gasteiger partial charge on any atom is 0.120 e. The van der Waals surface area contributed by atoms with Crippen molar-refractivity contribution in [2.75, 3.05) is 13.1 Å². The Bertz CT molecular complexity index is 607. The smallest absolute Gasteiger partial charge is 0.120 e. The number of para-hydroxylation sites is 2. The van der Waals surface area contributed by atoms with Crippen molar-refractivity contribution in [3.05, 3.63) is 59.7 Å². The van der Waals surface area contributed by atoms with E-state index < -0.39 is 0 Å². The van der Waals surface area contributed by atoms with E-state index in [1.54, 1.807) is 12.1 Å². The zero-order chi connectivity index (χ0) is 16.8. The second-order valence-corrected chi connectivity index (χ2v) is 6.31. The maximum atomic E-state index is 9.84. The molecule has 0 amide bonds. The van der Waals surface area contributed by atoms with Crippen molar-refractivity contribution in [2.24, 2.45) is 0 Å². The molecule has 0 spiro atoms. The lowest BCUT2D eigenvalue weighted by Gasteiger charge is -2.31. The second kappa shape index (κ2) is 8.15. The van der Waals surface area contributed by atoms with Crippen molar-refractivity contribution in [1.29, 1.82) is 0 Å². The van der Waals surface area contributed by atoms with Crippen LogP contribution in [0.3, 0.4) is 0 Å². The van der Waals surface area contributed by atoms with Gasteiger partial charge in [0, 0.05) is 49.4 Å². The fraction of sp³-hybridized carbons (Fsp3) is 0.368. The number of nitrogens with one attached hydrogen (secondary N) is 3. The van der Waals surface area contributed by atoms with Crippen LogP contribution in [0.2, 0.25) is 0 Å². The number of aromatic hydroxyl groups is 2. The lowest BCUT2D eigenvalue weighted by molar-refractivity contribution is 0.314. The van der Waals surface area contributed by atoms with Crippen LogP contribution in [0.1, 0.15) is 17.5 Å². The molecule has 24 heavy (non-hydrogen) atoms. The van der Waals surface area contributed by atoms with Crippen molar-refractivity contribution in [2.45, 2.75) is 31.6 Å². The summed E-state index contributed by atoms with van der Waals surface area (Å²) in [6.07, 6.45) is 1.01. The van der Waals surface area contributed by atoms with Gasteiger partial charge in [-0.15, -0.1) is 0 Å². The fourth-order valence-corrected chi connectivity index (χ4v) is 3.08. The van der Waals surface area contributed by atoms with Gasteiger partial charge in [0.2, 0.25) is 0 Å². The molecule has 0 saturated carbocycles. The summed E-state index contributed by atoms with van der Waals surface area (Å²) in [6.45, 7) is 3.15. The molecule has 1 aliphatic rings. The standard InChI is InChI=1S/C19H25N3O2/c23-18-7-3-1-5-14(18)10-21-16-9-17(13-20-12-16)22-11-15-6-2-4-8-19(15)24/h1-8,16-17,20-24H,9-13H2/t16-,17+. The normalized spacial score (nSPS) is 20.8. The molecule has 128 valence electrons. The molecule has 0 aliphatic carbocycles. The van der Waals surface area contributed by atoms with E-state index in [1.807, 2.05) is 36.4 Å². The average Bonchev–Trinajstić information content (AvgIpc) is 2.61. The number of phenolic OH excluding ortho intramolecular Hbond substituents is 2. The Morgan fingerprint density at radius 3 is 1.71 bits per heavy atom. The number of benzene rings is 2. The quantitative estimate of drug-likeness (QED) is 0.558. The summed E-state index contributed by atoms with van der Waals surface area (Å²) >= 11 is 0. The van der Waals surface area contributed by atoms with E-state index >= 15 is 0 Å². The molecule has 3 rings (SSSR count). The van der Waals surface area contributed by atoms with Crippen LogP contribution in [-0.2, 0) is 13.1 Å². The fourth-order valence-electron chi connectivity index (χ4n) is 3.08. The highest BCUT2D eigenvalue weighted by atomic mass is 16.3. The van der Waals surface area contributed by atoms with Gasteiger partial charge in [-0.3, -0.25) is 0 Å². The van der Waals surface area contributed by atoms with Gasteiger partial charge < -0.3 is 26.2 Å². The Balaban J connectivity index is 1.48. The van der Waals surface area contributed by atoms with E-state index in [0.717, 1.165) is 30.6 Å². The van der Waals surface area contributed by atoms with Gasteiger partial charge in [-0.2, -0.15) is 0 Å². The van der Waals surface area contributed by atoms with Crippen LogP contribution in [0.4, 0.5) is 0 Å². The van der Waals surface area contributed by atoms with Crippen LogP contribution in [-0.4, -0.2) is 35.4 Å². The highest BCUT2D eigenvalue weighted by Gasteiger charge is 2.21. The molecule has 1 saturated heterocycles. The van der Waals surface area contributed by atoms with Crippen molar-refractivity contribution in [3.8, 4) is 11.5 Å². The minimum atomic E-state index is 0.336. The van der Waals surface area contributed by atoms with E-state index in [2.05, 4.69) is 16.0 Å². The number of rotatable bonds is 6. The lowest BCUT2D eigenvalue weighted by Crippen LogP contribution is -2.53. The van der Waals surface area contributed by atoms with E-state index in [0.29, 0.717) is 36.7 Å². The molecule has 2 aromatic rings. The minimum absolute atomic E-state index is 0.336. The van der Waals surface area contributed by atoms with Crippen LogP contribution >= 0.6 is 0 Å². The van der Waals surface area contributed by atoms with Crippen molar-refractivity contribution < 1.29 is 10.2 Å². The van der Waals surface area contributed by atoms with Gasteiger partial charge in [0.1, 0.15) is 11.5 Å². The first-order valence-electron chi connectivity index (χ1n) is 8.43. The number of hydrogen-bond donors (Lipinski definition) is 5. The molecular weight excluding hydrogens is 302 g/mol. The molecule has 5 nitrogen and oxygen atoms in total. The highest BCUT2D eigenvalue weighted by molar-refractivity contribution is 5.32. The van der Waals surface area contributed by atoms with Gasteiger partial charge >= 0.3 is 0 Å². The summed E-state index contributed by atoms with van der Waals surface area (Å²) in [6, 6.07) is 15.5. The molecule has 1 fully saturated rings. The first-order valence-corrected chi connectivity index (χ1v) is 8.43. The third kappa shape index (κ3) is 4.47. The van der Waals surface area contributed by atoms with E-state index in [-0.39, 0.29) is 0 Å². The third-order valence-corrected chi connectivity index (χ3v) is 4.50. The summed E-state index contributed by atoms with van der Waals surface area (Å²) in [5.74, 6) is 0.672. The Hall–Kier alpha value is -2.08. The number of phenols is 2. The summed E-state index contributed by atoms with van der Waals surface area (Å²) < 4.78 is 0. The Labute approximate surface area is 142 Å². The van der Waals surface area contributed by atoms with Crippen molar-refractivity contribution in [1.82, 2.24) is 16.0 Å². The van der Waals surface area contributed by atoms with Crippen LogP contribution < -0.4 is 16.0 Å². The molecular formula is C19H25N3O2. The molecule has 5 N–H and O–H groups in total. The molecule has 1 heterocycles. The molecule has 2 atom stereocenters. The van der Waals surface area contributed by atoms with E-state index in [9.17, 15) is 10.2 Å². The SMILES string of the molecule is Oc1ccccc1CN[C@@H]1CNC[C@H](NCc2ccccc2O)C1. The molecule has 1 aliphatic heterocycles. The average molecular weight is 327 g/mol. The molecule has 0 aromatic heterocycles. The zero-order valence-electron chi connectivity index (χ0n) is 13.7. The van der Waals surface area contributed by atoms with E-state index in [1.165, 1.54) is 0 Å². The molecule has 5 heteroatoms. The largest absolute Gasteiger partial charge is 0.508 e. The summed E-state index contributed by atoms with van der Waals surface area (Å²) in [4.78, 5) is 0. The van der Waals surface area contributed by atoms with Crippen molar-refractivity contribution in [3.63, 3.8) is 0 Å². The summed E-state index contributed by atoms with van der Waals surface area (Å²) in [5.41, 5.74) is 1.84. The topological polar surface area (TPSA) is 76.5 Å². The number of hydrogen-bond acceptors (Lipinski definition) is 5. The summed E-state index contributed by atoms with van der Waals surface area (Å²) in [7, 11) is 0. The van der Waals surface area contributed by atoms with Gasteiger partial charge in [0.05, 0.1) is 0 Å². The first kappa shape index (κ1) is 16.8. The number of piperidine rings is 1. The monoisotopic (exact) mass is 327 g/mol. The van der Waals surface area contributed by atoms with Gasteiger partial charge in [-0.1, -0.05) is 36.4 Å². The summed E-state index contributed by atoms with van der Waals surface area (Å²) in [5, 5.41) is 30.1. The van der Waals surface area contributed by atoms with Crippen LogP contribution in [0.25, 0.3) is 0 Å². The van der Waals surface area contributed by atoms with Gasteiger partial charge in [0.15, 0.2) is 0 Å². The predicted molar refractivity (Wildman–Crippen MR) is 95.0 cm³/mol. The zero-order valence-corrected chi connectivity index (χ0v) is 13.7. The molecule has 0 bridgehead atoms. The van der Waals surface area contributed by atoms with Crippen LogP contribution in [0.15, 0.2) is 48.5 Å².